The molecule has 2 aromatic rings. The highest BCUT2D eigenvalue weighted by Crippen LogP contribution is 2.40. The summed E-state index contributed by atoms with van der Waals surface area (Å²) in [6, 6.07) is 7.94. The summed E-state index contributed by atoms with van der Waals surface area (Å²) in [6.07, 6.45) is 5.66. The molecule has 2 atom stereocenters. The highest BCUT2D eigenvalue weighted by atomic mass is 35.5. The average molecular weight is 393 g/mol. The molecule has 0 saturated carbocycles. The maximum Gasteiger partial charge on any atom is 0.142 e. The molecule has 0 N–H and O–H groups in total. The first kappa shape index (κ1) is 21.7. The highest BCUT2D eigenvalue weighted by molar-refractivity contribution is 6.33. The lowest BCUT2D eigenvalue weighted by Gasteiger charge is -2.17. The fourth-order valence-corrected chi connectivity index (χ4v) is 3.58. The van der Waals surface area contributed by atoms with Crippen molar-refractivity contribution < 1.29 is 13.9 Å². The Morgan fingerprint density at radius 3 is 2.37 bits per heavy atom. The Morgan fingerprint density at radius 1 is 1.04 bits per heavy atom. The van der Waals surface area contributed by atoms with E-state index in [0.717, 1.165) is 49.2 Å². The smallest absolute Gasteiger partial charge is 0.142 e. The lowest BCUT2D eigenvalue weighted by Crippen LogP contribution is -2.11. The maximum atomic E-state index is 6.49. The van der Waals surface area contributed by atoms with E-state index in [1.807, 2.05) is 18.2 Å². The van der Waals surface area contributed by atoms with Gasteiger partial charge in [-0.15, -0.1) is 0 Å². The van der Waals surface area contributed by atoms with Gasteiger partial charge in [-0.3, -0.25) is 0 Å². The van der Waals surface area contributed by atoms with E-state index in [1.54, 1.807) is 7.11 Å². The summed E-state index contributed by atoms with van der Waals surface area (Å²) in [5.41, 5.74) is 0.921. The van der Waals surface area contributed by atoms with Crippen LogP contribution in [0.1, 0.15) is 71.5 Å². The number of ether oxygens (including phenoxy) is 2. The second-order valence-electron chi connectivity index (χ2n) is 7.26. The second kappa shape index (κ2) is 10.7. The highest BCUT2D eigenvalue weighted by Gasteiger charge is 2.17. The van der Waals surface area contributed by atoms with Crippen LogP contribution >= 0.6 is 11.6 Å². The minimum atomic E-state index is 0.410. The quantitative estimate of drug-likeness (QED) is 0.392. The fraction of sp³-hybridized carbons (Fsp3) is 0.565. The number of rotatable bonds is 11. The molecule has 1 aromatic heterocycles. The minimum Gasteiger partial charge on any atom is -0.495 e. The van der Waals surface area contributed by atoms with E-state index in [9.17, 15) is 0 Å². The second-order valence-corrected chi connectivity index (χ2v) is 7.63. The Balaban J connectivity index is 2.27. The first-order chi connectivity index (χ1) is 13.0. The third-order valence-corrected chi connectivity index (χ3v) is 5.47. The average Bonchev–Trinajstić information content (AvgIpc) is 3.16. The van der Waals surface area contributed by atoms with Gasteiger partial charge in [-0.2, -0.15) is 0 Å². The number of benzene rings is 1. The van der Waals surface area contributed by atoms with Gasteiger partial charge in [0, 0.05) is 11.5 Å². The van der Waals surface area contributed by atoms with Gasteiger partial charge in [0.2, 0.25) is 0 Å². The van der Waals surface area contributed by atoms with Crippen molar-refractivity contribution in [2.24, 2.45) is 5.92 Å². The van der Waals surface area contributed by atoms with Gasteiger partial charge in [-0.25, -0.2) is 0 Å². The Morgan fingerprint density at radius 2 is 1.74 bits per heavy atom. The lowest BCUT2D eigenvalue weighted by atomic mass is 10.0. The summed E-state index contributed by atoms with van der Waals surface area (Å²) in [6.45, 7) is 9.45. The molecule has 0 amide bonds. The summed E-state index contributed by atoms with van der Waals surface area (Å²) in [7, 11) is 1.62. The van der Waals surface area contributed by atoms with Crippen LogP contribution in [-0.4, -0.2) is 13.7 Å². The van der Waals surface area contributed by atoms with Crippen molar-refractivity contribution in [3.8, 4) is 22.8 Å². The Bertz CT molecular complexity index is 708. The minimum absolute atomic E-state index is 0.410. The molecule has 2 unspecified atom stereocenters. The summed E-state index contributed by atoms with van der Waals surface area (Å²) in [5, 5.41) is 0.513. The molecule has 0 bridgehead atoms. The van der Waals surface area contributed by atoms with Crippen LogP contribution in [0.3, 0.4) is 0 Å². The van der Waals surface area contributed by atoms with E-state index >= 15 is 0 Å². The fourth-order valence-electron chi connectivity index (χ4n) is 3.34. The summed E-state index contributed by atoms with van der Waals surface area (Å²) in [5.74, 6) is 4.02. The largest absolute Gasteiger partial charge is 0.495 e. The topological polar surface area (TPSA) is 31.6 Å². The van der Waals surface area contributed by atoms with Gasteiger partial charge in [0.15, 0.2) is 0 Å². The van der Waals surface area contributed by atoms with E-state index in [0.29, 0.717) is 35.0 Å². The Kier molecular flexibility index (Phi) is 8.56. The van der Waals surface area contributed by atoms with Gasteiger partial charge in [-0.05, 0) is 43.0 Å². The zero-order valence-electron chi connectivity index (χ0n) is 17.3. The van der Waals surface area contributed by atoms with E-state index in [4.69, 9.17) is 25.5 Å². The van der Waals surface area contributed by atoms with E-state index < -0.39 is 0 Å². The van der Waals surface area contributed by atoms with Crippen molar-refractivity contribution in [1.29, 1.82) is 0 Å². The normalized spacial score (nSPS) is 13.4. The molecule has 1 heterocycles. The predicted octanol–water partition coefficient (Wildman–Crippen LogP) is 7.72. The van der Waals surface area contributed by atoms with E-state index in [-0.39, 0.29) is 0 Å². The number of methoxy groups -OCH3 is 1. The van der Waals surface area contributed by atoms with Crippen LogP contribution < -0.4 is 9.47 Å². The molecule has 0 aliphatic carbocycles. The standard InChI is InChI=1S/C23H33ClO3/c1-6-9-16(4)19-11-12-20(27-19)18-13-21(25-5)23(24)22(14-18)26-15-17(8-3)10-7-2/h11-14,16-17H,6-10,15H2,1-5H3. The molecule has 3 nitrogen and oxygen atoms in total. The monoisotopic (exact) mass is 392 g/mol. The molecule has 0 saturated heterocycles. The number of furan rings is 1. The van der Waals surface area contributed by atoms with Crippen molar-refractivity contribution in [2.45, 2.75) is 65.7 Å². The number of hydrogen-bond donors (Lipinski definition) is 0. The van der Waals surface area contributed by atoms with E-state index in [1.165, 1.54) is 0 Å². The van der Waals surface area contributed by atoms with Crippen LogP contribution in [0.25, 0.3) is 11.3 Å². The Hall–Kier alpha value is -1.61. The van der Waals surface area contributed by atoms with Gasteiger partial charge < -0.3 is 13.9 Å². The Labute approximate surface area is 169 Å². The molecule has 150 valence electrons. The molecule has 1 aromatic carbocycles. The van der Waals surface area contributed by atoms with Gasteiger partial charge >= 0.3 is 0 Å². The van der Waals surface area contributed by atoms with Gasteiger partial charge in [0.1, 0.15) is 28.0 Å². The van der Waals surface area contributed by atoms with Crippen LogP contribution in [0.2, 0.25) is 5.02 Å². The lowest BCUT2D eigenvalue weighted by molar-refractivity contribution is 0.234. The first-order valence-electron chi connectivity index (χ1n) is 10.1. The molecular formula is C23H33ClO3. The molecule has 0 aliphatic heterocycles. The summed E-state index contributed by atoms with van der Waals surface area (Å²) in [4.78, 5) is 0. The summed E-state index contributed by atoms with van der Waals surface area (Å²) >= 11 is 6.49. The third-order valence-electron chi connectivity index (χ3n) is 5.09. The zero-order chi connectivity index (χ0) is 19.8. The van der Waals surface area contributed by atoms with Gasteiger partial charge in [0.05, 0.1) is 13.7 Å². The molecule has 2 rings (SSSR count). The van der Waals surface area contributed by atoms with Crippen LogP contribution in [-0.2, 0) is 0 Å². The molecule has 4 heteroatoms. The first-order valence-corrected chi connectivity index (χ1v) is 10.5. The SMILES string of the molecule is CCCC(CC)COc1cc(-c2ccc(C(C)CCC)o2)cc(OC)c1Cl. The van der Waals surface area contributed by atoms with Crippen LogP contribution in [0.4, 0.5) is 0 Å². The molecule has 0 fully saturated rings. The van der Waals surface area contributed by atoms with Gasteiger partial charge in [0.25, 0.3) is 0 Å². The third kappa shape index (κ3) is 5.68. The van der Waals surface area contributed by atoms with Gasteiger partial charge in [-0.1, -0.05) is 58.6 Å². The van der Waals surface area contributed by atoms with E-state index in [2.05, 4.69) is 33.8 Å². The zero-order valence-corrected chi connectivity index (χ0v) is 18.1. The predicted molar refractivity (Wildman–Crippen MR) is 113 cm³/mol. The molecule has 27 heavy (non-hydrogen) atoms. The van der Waals surface area contributed by atoms with Crippen LogP contribution in [0, 0.1) is 5.92 Å². The van der Waals surface area contributed by atoms with Crippen LogP contribution in [0.5, 0.6) is 11.5 Å². The van der Waals surface area contributed by atoms with Crippen LogP contribution in [0.15, 0.2) is 28.7 Å². The van der Waals surface area contributed by atoms with Crippen molar-refractivity contribution in [3.05, 3.63) is 35.0 Å². The molecule has 0 aliphatic rings. The van der Waals surface area contributed by atoms with Crippen molar-refractivity contribution in [1.82, 2.24) is 0 Å². The number of halogens is 1. The maximum absolute atomic E-state index is 6.49. The van der Waals surface area contributed by atoms with Crippen molar-refractivity contribution in [3.63, 3.8) is 0 Å². The van der Waals surface area contributed by atoms with Crippen molar-refractivity contribution >= 4 is 11.6 Å². The molecule has 0 radical (unpaired) electrons. The molecular weight excluding hydrogens is 360 g/mol. The van der Waals surface area contributed by atoms with Crippen molar-refractivity contribution in [2.75, 3.05) is 13.7 Å². The summed E-state index contributed by atoms with van der Waals surface area (Å²) < 4.78 is 17.7. The molecule has 0 spiro atoms. The number of hydrogen-bond acceptors (Lipinski definition) is 3.